The summed E-state index contributed by atoms with van der Waals surface area (Å²) in [6.45, 7) is 24.5. The van der Waals surface area contributed by atoms with Crippen molar-refractivity contribution < 1.29 is 0 Å². The lowest BCUT2D eigenvalue weighted by molar-refractivity contribution is 0.505. The van der Waals surface area contributed by atoms with Gasteiger partial charge in [-0.25, -0.2) is 19.9 Å². The predicted molar refractivity (Wildman–Crippen MR) is 466 cm³/mol. The van der Waals surface area contributed by atoms with Gasteiger partial charge in [-0.1, -0.05) is 339 Å². The predicted octanol–water partition coefficient (Wildman–Crippen LogP) is 24.4. The number of hydrogen-bond donors (Lipinski definition) is 1. The highest BCUT2D eigenvalue weighted by Crippen LogP contribution is 2.45. The van der Waals surface area contributed by atoms with Crippen LogP contribution in [0.1, 0.15) is 125 Å². The van der Waals surface area contributed by atoms with Crippen molar-refractivity contribution in [2.75, 3.05) is 24.9 Å². The average Bonchev–Trinajstić information content (AvgIpc) is 1.58. The van der Waals surface area contributed by atoms with Gasteiger partial charge < -0.3 is 28.8 Å². The lowest BCUT2D eigenvalue weighted by Crippen LogP contribution is -2.24. The maximum Gasteiger partial charge on any atom is 0.178 e. The number of nitrogens with one attached hydrogen (secondary N) is 1. The van der Waals surface area contributed by atoms with Gasteiger partial charge >= 0.3 is 0 Å². The van der Waals surface area contributed by atoms with Gasteiger partial charge in [0.2, 0.25) is 0 Å². The second-order valence-corrected chi connectivity index (χ2v) is 31.9. The summed E-state index contributed by atoms with van der Waals surface area (Å²) < 4.78 is 6.72. The van der Waals surface area contributed by atoms with Gasteiger partial charge in [0.1, 0.15) is 16.9 Å². The maximum absolute atomic E-state index is 5.99. The van der Waals surface area contributed by atoms with Crippen molar-refractivity contribution in [2.24, 2.45) is 17.8 Å². The molecule has 1 aliphatic rings. The van der Waals surface area contributed by atoms with Crippen LogP contribution in [0, 0.1) is 22.5 Å². The van der Waals surface area contributed by atoms with Crippen LogP contribution in [0.2, 0.25) is 0 Å². The highest BCUT2D eigenvalue weighted by molar-refractivity contribution is 14.1. The molecule has 15 rings (SSSR count). The monoisotopic (exact) mass is 1570 g/mol. The molecule has 10 nitrogen and oxygen atoms in total. The molecule has 1 aliphatic carbocycles. The van der Waals surface area contributed by atoms with Gasteiger partial charge in [-0.3, -0.25) is 0 Å². The summed E-state index contributed by atoms with van der Waals surface area (Å²) in [5, 5.41) is 4.66. The van der Waals surface area contributed by atoms with Crippen LogP contribution in [-0.2, 0) is 58.8 Å². The molecule has 1 atom stereocenters. The number of alkyl halides is 1. The maximum atomic E-state index is 5.99. The van der Waals surface area contributed by atoms with Gasteiger partial charge in [-0.15, -0.1) is 0 Å². The molecule has 0 saturated heterocycles. The fourth-order valence-electron chi connectivity index (χ4n) is 14.2. The number of thioether (sulfide) groups is 1. The molecule has 0 amide bonds. The number of thiocarbonyl (C=S) groups is 1. The third kappa shape index (κ3) is 19.2. The van der Waals surface area contributed by atoms with E-state index in [-0.39, 0.29) is 0 Å². The Morgan fingerprint density at radius 3 is 1.21 bits per heavy atom. The van der Waals surface area contributed by atoms with Crippen molar-refractivity contribution in [3.63, 3.8) is 0 Å². The van der Waals surface area contributed by atoms with Crippen LogP contribution in [0.25, 0.3) is 54.8 Å². The summed E-state index contributed by atoms with van der Waals surface area (Å²) in [7, 11) is 0. The molecule has 0 saturated carbocycles. The normalized spacial score (nSPS) is 12.5. The van der Waals surface area contributed by atoms with E-state index in [9.17, 15) is 0 Å². The summed E-state index contributed by atoms with van der Waals surface area (Å²) in [5.74, 6) is 5.96. The first-order valence-corrected chi connectivity index (χ1v) is 41.0. The first kappa shape index (κ1) is 76.6. The molecular weight excluding hydrogens is 1470 g/mol. The van der Waals surface area contributed by atoms with Crippen molar-refractivity contribution in [1.29, 1.82) is 0 Å². The second-order valence-electron chi connectivity index (χ2n) is 28.8. The molecule has 0 aliphatic heterocycles. The van der Waals surface area contributed by atoms with E-state index < -0.39 is 0 Å². The molecule has 542 valence electrons. The number of aromatic nitrogens is 7. The number of hydrogen-bond acceptors (Lipinski definition) is 10. The van der Waals surface area contributed by atoms with E-state index in [0.717, 1.165) is 148 Å². The fraction of sp³-hybridized carbons (Fsp3) is 0.283. The van der Waals surface area contributed by atoms with E-state index in [1.807, 2.05) is 11.8 Å². The van der Waals surface area contributed by atoms with E-state index in [4.69, 9.17) is 44.4 Å². The van der Waals surface area contributed by atoms with Gasteiger partial charge in [0, 0.05) is 97.0 Å². The van der Waals surface area contributed by atoms with E-state index in [2.05, 4.69) is 362 Å². The summed E-state index contributed by atoms with van der Waals surface area (Å²) in [5.41, 5.74) is 17.8. The standard InChI is InChI=1S/C31H34N4S.C30H30N2S.C28H28N4S.C3H7I/c1-4-19-36-31-33-28-29(35(31)20-23(2)3)26-17-11-12-18-27(26)32-30(28)34(21-24-13-7-5-8-14-24)22-25-15-9-6-10-16-25;1-21(2)17-25-28(33)18-26-29(25)24-15-9-10-16-27(24)31-30(26)32(19-22-11-5-3-6-12-22)20-23-13-7-4-8-14-23;1-20(2)17-32-26-23-15-9-10-16-24(23)29-27(25(26)30-28(32)33)31(18-21-11-5-3-6-12-21)19-22-13-7-4-8-14-22;1-2-3-4/h5-18,23H,4,19-22H2,1-3H3;3-16,21,25H,17-20H2,1-2H3;3-16,20H,17-19H2,1-2H3,(H,30,33);2-3H2,1H3. The van der Waals surface area contributed by atoms with Crippen LogP contribution in [-0.4, -0.2) is 49.1 Å². The molecule has 0 radical (unpaired) electrons. The number of H-pyrrole nitrogens is 1. The van der Waals surface area contributed by atoms with Crippen LogP contribution in [0.15, 0.2) is 260 Å². The van der Waals surface area contributed by atoms with Gasteiger partial charge in [0.05, 0.1) is 27.6 Å². The highest BCUT2D eigenvalue weighted by atomic mass is 127. The number of benzene rings is 9. The number of halogens is 1. The van der Waals surface area contributed by atoms with E-state index >= 15 is 0 Å². The molecule has 0 spiro atoms. The zero-order valence-electron chi connectivity index (χ0n) is 62.6. The van der Waals surface area contributed by atoms with Gasteiger partial charge in [0.15, 0.2) is 21.6 Å². The first-order valence-electron chi connectivity index (χ1n) is 37.7. The second kappa shape index (κ2) is 37.5. The number of anilines is 3. The Labute approximate surface area is 655 Å². The van der Waals surface area contributed by atoms with Gasteiger partial charge in [-0.05, 0) is 111 Å². The number of imidazole rings is 2. The molecule has 14 heteroatoms. The summed E-state index contributed by atoms with van der Waals surface area (Å²) in [4.78, 5) is 32.8. The average molecular weight is 1570 g/mol. The number of pyridine rings is 3. The minimum Gasteiger partial charge on any atom is -0.348 e. The largest absolute Gasteiger partial charge is 0.348 e. The molecule has 1 N–H and O–H groups in total. The number of para-hydroxylation sites is 3. The summed E-state index contributed by atoms with van der Waals surface area (Å²) in [6, 6.07) is 89.4. The van der Waals surface area contributed by atoms with Crippen molar-refractivity contribution in [1.82, 2.24) is 34.1 Å². The van der Waals surface area contributed by atoms with Gasteiger partial charge in [-0.2, -0.15) is 0 Å². The van der Waals surface area contributed by atoms with Crippen molar-refractivity contribution >= 4 is 136 Å². The van der Waals surface area contributed by atoms with E-state index in [1.54, 1.807) is 0 Å². The molecule has 5 heterocycles. The van der Waals surface area contributed by atoms with Crippen LogP contribution in [0.5, 0.6) is 0 Å². The Kier molecular flexibility index (Phi) is 27.1. The first-order chi connectivity index (χ1) is 51.7. The van der Waals surface area contributed by atoms with Crippen LogP contribution >= 0.6 is 58.8 Å². The lowest BCUT2D eigenvalue weighted by atomic mass is 9.89. The Balaban J connectivity index is 0.000000145. The number of rotatable bonds is 25. The third-order valence-corrected chi connectivity index (χ3v) is 21.9. The zero-order chi connectivity index (χ0) is 73.9. The number of fused-ring (bicyclic) bond motifs is 9. The lowest BCUT2D eigenvalue weighted by Gasteiger charge is -2.27. The number of aromatic amines is 1. The molecule has 106 heavy (non-hydrogen) atoms. The van der Waals surface area contributed by atoms with Crippen molar-refractivity contribution in [3.05, 3.63) is 304 Å². The molecule has 9 aromatic carbocycles. The minimum absolute atomic E-state index is 0.331. The smallest absolute Gasteiger partial charge is 0.178 e. The van der Waals surface area contributed by atoms with Crippen molar-refractivity contribution in [2.45, 2.75) is 145 Å². The third-order valence-electron chi connectivity index (χ3n) is 18.8. The van der Waals surface area contributed by atoms with Crippen LogP contribution in [0.3, 0.4) is 0 Å². The Hall–Kier alpha value is -9.06. The molecule has 0 fully saturated rings. The van der Waals surface area contributed by atoms with Crippen LogP contribution < -0.4 is 14.7 Å². The molecule has 0 bridgehead atoms. The zero-order valence-corrected chi connectivity index (χ0v) is 67.2. The molecule has 1 unspecified atom stereocenters. The van der Waals surface area contributed by atoms with Gasteiger partial charge in [0.25, 0.3) is 0 Å². The van der Waals surface area contributed by atoms with E-state index in [0.29, 0.717) is 23.7 Å². The fourth-order valence-corrected chi connectivity index (χ4v) is 15.7. The topological polar surface area (TPSA) is 86.9 Å². The quantitative estimate of drug-likeness (QED) is 0.0258. The summed E-state index contributed by atoms with van der Waals surface area (Å²) in [6.07, 6.45) is 4.36. The molecule has 5 aromatic heterocycles. The Morgan fingerprint density at radius 1 is 0.434 bits per heavy atom. The Bertz CT molecular complexity index is 5080. The minimum atomic E-state index is 0.331. The number of nitrogens with zero attached hydrogens (tertiary/aromatic N) is 9. The SMILES string of the molecule is CC(C)CC1C(=S)Cc2c(N(Cc3ccccc3)Cc3ccccc3)nc3ccccc3c21.CC(C)Cn1c(=S)[nH]c2c(N(Cc3ccccc3)Cc3ccccc3)nc3ccccc3c21.CCCI.CCCSc1nc2c(N(Cc3ccccc3)Cc3ccccc3)nc3ccccc3c2n1CC(C)C. The molecular formula is C92H99IN10S3. The summed E-state index contributed by atoms with van der Waals surface area (Å²) >= 11 is 16.0. The van der Waals surface area contributed by atoms with E-state index in [1.165, 1.54) is 71.6 Å². The van der Waals surface area contributed by atoms with Crippen molar-refractivity contribution in [3.8, 4) is 0 Å². The highest BCUT2D eigenvalue weighted by Gasteiger charge is 2.34. The van der Waals surface area contributed by atoms with Crippen LogP contribution in [0.4, 0.5) is 17.5 Å². The Morgan fingerprint density at radius 2 is 0.792 bits per heavy atom. The molecule has 14 aromatic rings.